The van der Waals surface area contributed by atoms with Crippen LogP contribution in [0.15, 0.2) is 48.5 Å². The van der Waals surface area contributed by atoms with Crippen LogP contribution in [0.4, 0.5) is 4.39 Å². The van der Waals surface area contributed by atoms with Gasteiger partial charge in [-0.2, -0.15) is 0 Å². The number of benzene rings is 2. The third-order valence-corrected chi connectivity index (χ3v) is 5.40. The lowest BCUT2D eigenvalue weighted by molar-refractivity contribution is -0.148. The Hall–Kier alpha value is -2.64. The highest BCUT2D eigenvalue weighted by Crippen LogP contribution is 2.29. The van der Waals surface area contributed by atoms with Crippen molar-refractivity contribution in [1.29, 1.82) is 0 Å². The van der Waals surface area contributed by atoms with Crippen molar-refractivity contribution in [3.8, 4) is 5.75 Å². The molecule has 8 heteroatoms. The lowest BCUT2D eigenvalue weighted by atomic mass is 10.0. The van der Waals surface area contributed by atoms with Crippen molar-refractivity contribution in [1.82, 2.24) is 9.80 Å². The summed E-state index contributed by atoms with van der Waals surface area (Å²) < 4.78 is 23.4. The Kier molecular flexibility index (Phi) is 7.65. The predicted octanol–water partition coefficient (Wildman–Crippen LogP) is 3.31. The van der Waals surface area contributed by atoms with Crippen LogP contribution in [0.1, 0.15) is 18.0 Å². The van der Waals surface area contributed by atoms with Crippen LogP contribution in [-0.2, 0) is 14.3 Å². The molecule has 0 radical (unpaired) electrons. The highest BCUT2D eigenvalue weighted by molar-refractivity contribution is 6.31. The number of methoxy groups -OCH3 is 1. The van der Waals surface area contributed by atoms with Gasteiger partial charge >= 0.3 is 5.97 Å². The summed E-state index contributed by atoms with van der Waals surface area (Å²) in [6.07, 6.45) is 0.225. The van der Waals surface area contributed by atoms with Crippen LogP contribution in [0.25, 0.3) is 0 Å². The Labute approximate surface area is 180 Å². The van der Waals surface area contributed by atoms with Crippen molar-refractivity contribution < 1.29 is 23.5 Å². The number of ether oxygens (including phenoxy) is 2. The van der Waals surface area contributed by atoms with Gasteiger partial charge in [0.05, 0.1) is 20.1 Å². The second kappa shape index (κ2) is 10.4. The molecule has 0 aromatic heterocycles. The summed E-state index contributed by atoms with van der Waals surface area (Å²) in [6.45, 7) is 2.25. The number of hydrogen-bond acceptors (Lipinski definition) is 5. The number of carbonyl (C=O) groups is 2. The van der Waals surface area contributed by atoms with Crippen molar-refractivity contribution in [3.63, 3.8) is 0 Å². The summed E-state index contributed by atoms with van der Waals surface area (Å²) in [5.74, 6) is -0.215. The second-order valence-corrected chi connectivity index (χ2v) is 7.32. The molecule has 1 aliphatic heterocycles. The zero-order valence-corrected chi connectivity index (χ0v) is 17.5. The minimum Gasteiger partial charge on any atom is -0.493 e. The highest BCUT2D eigenvalue weighted by atomic mass is 35.5. The van der Waals surface area contributed by atoms with Gasteiger partial charge in [-0.25, -0.2) is 9.18 Å². The number of rotatable bonds is 7. The van der Waals surface area contributed by atoms with E-state index in [2.05, 4.69) is 0 Å². The minimum absolute atomic E-state index is 0.0240. The van der Waals surface area contributed by atoms with Crippen molar-refractivity contribution in [3.05, 3.63) is 64.9 Å². The first kappa shape index (κ1) is 22.1. The molecule has 2 aromatic rings. The van der Waals surface area contributed by atoms with E-state index >= 15 is 0 Å². The summed E-state index contributed by atoms with van der Waals surface area (Å²) in [5, 5.41) is 0.504. The predicted molar refractivity (Wildman–Crippen MR) is 111 cm³/mol. The first-order valence-electron chi connectivity index (χ1n) is 9.72. The Morgan fingerprint density at radius 1 is 1.07 bits per heavy atom. The molecule has 30 heavy (non-hydrogen) atoms. The smallest absolute Gasteiger partial charge is 0.327 e. The molecule has 3 rings (SSSR count). The van der Waals surface area contributed by atoms with Gasteiger partial charge in [-0.15, -0.1) is 0 Å². The highest BCUT2D eigenvalue weighted by Gasteiger charge is 2.33. The number of amides is 1. The molecule has 1 saturated heterocycles. The first-order chi connectivity index (χ1) is 14.5. The van der Waals surface area contributed by atoms with Gasteiger partial charge in [0.15, 0.2) is 0 Å². The molecule has 0 N–H and O–H groups in total. The fourth-order valence-corrected chi connectivity index (χ4v) is 3.69. The van der Waals surface area contributed by atoms with E-state index in [0.717, 1.165) is 0 Å². The third-order valence-electron chi connectivity index (χ3n) is 5.05. The monoisotopic (exact) mass is 434 g/mol. The van der Waals surface area contributed by atoms with E-state index in [1.54, 1.807) is 11.0 Å². The van der Waals surface area contributed by atoms with Crippen LogP contribution < -0.4 is 4.74 Å². The van der Waals surface area contributed by atoms with Gasteiger partial charge in [-0.1, -0.05) is 29.8 Å². The molecule has 1 aliphatic rings. The average Bonchev–Trinajstić information content (AvgIpc) is 2.77. The Morgan fingerprint density at radius 3 is 2.37 bits per heavy atom. The van der Waals surface area contributed by atoms with Crippen LogP contribution in [0.3, 0.4) is 0 Å². The summed E-state index contributed by atoms with van der Waals surface area (Å²) >= 11 is 6.30. The van der Waals surface area contributed by atoms with E-state index in [4.69, 9.17) is 21.1 Å². The molecule has 1 atom stereocenters. The molecule has 0 spiro atoms. The van der Waals surface area contributed by atoms with E-state index in [1.807, 2.05) is 23.1 Å². The maximum atomic E-state index is 12.9. The van der Waals surface area contributed by atoms with Gasteiger partial charge in [-0.3, -0.25) is 9.69 Å². The molecule has 6 nitrogen and oxygen atoms in total. The number of hydrogen-bond donors (Lipinski definition) is 0. The number of piperazine rings is 1. The molecule has 160 valence electrons. The van der Waals surface area contributed by atoms with Gasteiger partial charge in [0.25, 0.3) is 0 Å². The number of halogens is 2. The summed E-state index contributed by atoms with van der Waals surface area (Å²) in [4.78, 5) is 28.7. The lowest BCUT2D eigenvalue weighted by Gasteiger charge is -2.38. The van der Waals surface area contributed by atoms with Gasteiger partial charge < -0.3 is 14.4 Å². The number of esters is 1. The molecule has 1 heterocycles. The lowest BCUT2D eigenvalue weighted by Crippen LogP contribution is -2.51. The zero-order chi connectivity index (χ0) is 21.5. The molecule has 0 bridgehead atoms. The van der Waals surface area contributed by atoms with Crippen LogP contribution in [0, 0.1) is 5.82 Å². The fourth-order valence-electron chi connectivity index (χ4n) is 3.46. The van der Waals surface area contributed by atoms with E-state index < -0.39 is 6.04 Å². The van der Waals surface area contributed by atoms with Gasteiger partial charge in [0.1, 0.15) is 17.6 Å². The molecule has 0 saturated carbocycles. The van der Waals surface area contributed by atoms with Crippen LogP contribution in [0.5, 0.6) is 5.75 Å². The first-order valence-corrected chi connectivity index (χ1v) is 10.1. The minimum atomic E-state index is -0.609. The van der Waals surface area contributed by atoms with Crippen molar-refractivity contribution in [2.75, 3.05) is 39.9 Å². The molecular weight excluding hydrogens is 411 g/mol. The van der Waals surface area contributed by atoms with Crippen LogP contribution in [0.2, 0.25) is 5.02 Å². The molecule has 1 amide bonds. The quantitative estimate of drug-likeness (QED) is 0.626. The van der Waals surface area contributed by atoms with E-state index in [-0.39, 0.29) is 30.7 Å². The third kappa shape index (κ3) is 5.49. The van der Waals surface area contributed by atoms with Crippen molar-refractivity contribution >= 4 is 23.5 Å². The zero-order valence-electron chi connectivity index (χ0n) is 16.7. The molecule has 1 fully saturated rings. The van der Waals surface area contributed by atoms with E-state index in [9.17, 15) is 14.0 Å². The Balaban J connectivity index is 1.53. The molecule has 2 aromatic carbocycles. The Bertz CT molecular complexity index is 870. The van der Waals surface area contributed by atoms with Gasteiger partial charge in [0, 0.05) is 31.2 Å². The summed E-state index contributed by atoms with van der Waals surface area (Å²) in [5.41, 5.74) is 0.693. The van der Waals surface area contributed by atoms with Crippen LogP contribution >= 0.6 is 11.6 Å². The van der Waals surface area contributed by atoms with Crippen molar-refractivity contribution in [2.45, 2.75) is 12.5 Å². The van der Waals surface area contributed by atoms with E-state index in [0.29, 0.717) is 42.5 Å². The number of nitrogens with zero attached hydrogens (tertiary/aromatic N) is 2. The molecular formula is C22H24ClFN2O4. The fraction of sp³-hybridized carbons (Fsp3) is 0.364. The van der Waals surface area contributed by atoms with Crippen LogP contribution in [-0.4, -0.2) is 61.6 Å². The average molecular weight is 435 g/mol. The molecule has 0 aliphatic carbocycles. The largest absolute Gasteiger partial charge is 0.493 e. The maximum absolute atomic E-state index is 12.9. The maximum Gasteiger partial charge on any atom is 0.327 e. The van der Waals surface area contributed by atoms with Gasteiger partial charge in [-0.05, 0) is 35.9 Å². The SMILES string of the molecule is COC(=O)C(c1ccccc1Cl)N1CCN(C(=O)CCOc2ccc(F)cc2)CC1. The van der Waals surface area contributed by atoms with Crippen molar-refractivity contribution in [2.24, 2.45) is 0 Å². The standard InChI is InChI=1S/C22H24ClFN2O4/c1-29-22(28)21(18-4-2-3-5-19(18)23)26-13-11-25(12-14-26)20(27)10-15-30-17-8-6-16(24)7-9-17/h2-9,21H,10-15H2,1H3. The van der Waals surface area contributed by atoms with Gasteiger partial charge in [0.2, 0.25) is 5.91 Å². The summed E-state index contributed by atoms with van der Waals surface area (Å²) in [7, 11) is 1.35. The number of carbonyl (C=O) groups excluding carboxylic acids is 2. The second-order valence-electron chi connectivity index (χ2n) is 6.92. The van der Waals surface area contributed by atoms with E-state index in [1.165, 1.54) is 31.4 Å². The Morgan fingerprint density at radius 2 is 1.73 bits per heavy atom. The molecule has 1 unspecified atom stereocenters. The topological polar surface area (TPSA) is 59.1 Å². The summed E-state index contributed by atoms with van der Waals surface area (Å²) in [6, 6.07) is 12.3. The normalized spacial score (nSPS) is 15.5.